The van der Waals surface area contributed by atoms with Crippen molar-refractivity contribution in [3.05, 3.63) is 83.8 Å². The van der Waals surface area contributed by atoms with Crippen LogP contribution in [0.2, 0.25) is 0 Å². The number of hydrogen-bond acceptors (Lipinski definition) is 8. The van der Waals surface area contributed by atoms with Crippen LogP contribution in [0.4, 0.5) is 10.6 Å². The zero-order valence-corrected chi connectivity index (χ0v) is 28.9. The molecule has 2 aromatic carbocycles. The molecule has 3 aromatic rings. The molecule has 13 nitrogen and oxygen atoms in total. The Labute approximate surface area is 286 Å². The maximum atomic E-state index is 14.0. The molecule has 1 aliphatic rings. The van der Waals surface area contributed by atoms with Gasteiger partial charge >= 0.3 is 12.1 Å². The third-order valence-corrected chi connectivity index (χ3v) is 8.08. The summed E-state index contributed by atoms with van der Waals surface area (Å²) >= 11 is 0. The predicted molar refractivity (Wildman–Crippen MR) is 182 cm³/mol. The molecule has 13 heteroatoms. The fourth-order valence-corrected chi connectivity index (χ4v) is 5.59. The van der Waals surface area contributed by atoms with Crippen LogP contribution in [-0.2, 0) is 35.1 Å². The number of H-pyrrole nitrogens is 1. The summed E-state index contributed by atoms with van der Waals surface area (Å²) in [4.78, 5) is 75.1. The standard InChI is InChI=1S/C36H46N6O7/c1-35(2,3)49-34(47)41-36(4,5)33(46)38-25(20-19-23-14-9-7-10-15-23)30(43)40-27-22-37-29(39-27)28(24-16-11-8-12-17-24)31(44)42-21-13-18-26(42)32(45)48-6/h7-12,14-17,22,25-26,28H,13,18-21H2,1-6H3,(H,37,39)(H,38,46)(H,40,43)(H,41,47). The Morgan fingerprint density at radius 1 is 0.980 bits per heavy atom. The number of aromatic nitrogens is 2. The van der Waals surface area contributed by atoms with Crippen LogP contribution < -0.4 is 16.0 Å². The van der Waals surface area contributed by atoms with Crippen molar-refractivity contribution >= 4 is 35.6 Å². The van der Waals surface area contributed by atoms with E-state index in [0.717, 1.165) is 5.56 Å². The Morgan fingerprint density at radius 2 is 1.63 bits per heavy atom. The van der Waals surface area contributed by atoms with Crippen molar-refractivity contribution in [1.82, 2.24) is 25.5 Å². The first-order valence-corrected chi connectivity index (χ1v) is 16.3. The molecule has 4 amide bonds. The summed E-state index contributed by atoms with van der Waals surface area (Å²) in [6, 6.07) is 16.9. The van der Waals surface area contributed by atoms with E-state index in [2.05, 4.69) is 25.9 Å². The maximum absolute atomic E-state index is 14.0. The predicted octanol–water partition coefficient (Wildman–Crippen LogP) is 4.07. The average Bonchev–Trinajstić information content (AvgIpc) is 3.72. The number of esters is 1. The molecule has 3 unspecified atom stereocenters. The van der Waals surface area contributed by atoms with Gasteiger partial charge in [-0.2, -0.15) is 0 Å². The second-order valence-corrected chi connectivity index (χ2v) is 13.5. The number of nitrogens with zero attached hydrogens (tertiary/aromatic N) is 2. The molecule has 1 fully saturated rings. The summed E-state index contributed by atoms with van der Waals surface area (Å²) in [6.07, 6.45) is 2.53. The van der Waals surface area contributed by atoms with Gasteiger partial charge in [-0.15, -0.1) is 0 Å². The minimum Gasteiger partial charge on any atom is -0.467 e. The number of nitrogens with one attached hydrogen (secondary N) is 4. The van der Waals surface area contributed by atoms with E-state index in [9.17, 15) is 24.0 Å². The van der Waals surface area contributed by atoms with Crippen LogP contribution in [0.3, 0.4) is 0 Å². The molecule has 49 heavy (non-hydrogen) atoms. The second-order valence-electron chi connectivity index (χ2n) is 13.5. The fourth-order valence-electron chi connectivity index (χ4n) is 5.59. The minimum atomic E-state index is -1.41. The quantitative estimate of drug-likeness (QED) is 0.208. The number of likely N-dealkylation sites (tertiary alicyclic amines) is 1. The molecular weight excluding hydrogens is 628 g/mol. The third kappa shape index (κ3) is 9.91. The summed E-state index contributed by atoms with van der Waals surface area (Å²) < 4.78 is 10.3. The van der Waals surface area contributed by atoms with Crippen molar-refractivity contribution in [3.63, 3.8) is 0 Å². The molecule has 4 N–H and O–H groups in total. The lowest BCUT2D eigenvalue weighted by molar-refractivity contribution is -0.151. The van der Waals surface area contributed by atoms with Gasteiger partial charge in [0, 0.05) is 6.54 Å². The smallest absolute Gasteiger partial charge is 0.408 e. The monoisotopic (exact) mass is 674 g/mol. The number of imidazole rings is 1. The highest BCUT2D eigenvalue weighted by Crippen LogP contribution is 2.30. The Kier molecular flexibility index (Phi) is 11.8. The number of aryl methyl sites for hydroxylation is 1. The summed E-state index contributed by atoms with van der Waals surface area (Å²) in [5, 5.41) is 8.16. The number of hydrogen-bond donors (Lipinski definition) is 4. The lowest BCUT2D eigenvalue weighted by Gasteiger charge is -2.29. The molecule has 0 aliphatic carbocycles. The van der Waals surface area contributed by atoms with Crippen LogP contribution in [0.25, 0.3) is 0 Å². The zero-order chi connectivity index (χ0) is 35.8. The molecule has 0 spiro atoms. The van der Waals surface area contributed by atoms with Crippen LogP contribution in [-0.4, -0.2) is 81.5 Å². The van der Waals surface area contributed by atoms with Gasteiger partial charge in [0.05, 0.1) is 13.3 Å². The molecule has 2 heterocycles. The number of aromatic amines is 1. The highest BCUT2D eigenvalue weighted by Gasteiger charge is 2.40. The van der Waals surface area contributed by atoms with E-state index in [1.807, 2.05) is 48.5 Å². The van der Waals surface area contributed by atoms with Crippen molar-refractivity contribution < 1.29 is 33.4 Å². The Hall–Kier alpha value is -5.20. The van der Waals surface area contributed by atoms with Gasteiger partial charge in [-0.05, 0) is 71.4 Å². The number of methoxy groups -OCH3 is 1. The number of amides is 4. The van der Waals surface area contributed by atoms with Crippen molar-refractivity contribution in [1.29, 1.82) is 0 Å². The average molecular weight is 675 g/mol. The molecule has 3 atom stereocenters. The van der Waals surface area contributed by atoms with E-state index < -0.39 is 53.0 Å². The van der Waals surface area contributed by atoms with Crippen molar-refractivity contribution in [2.75, 3.05) is 19.0 Å². The number of rotatable bonds is 12. The van der Waals surface area contributed by atoms with Crippen LogP contribution in [0.1, 0.15) is 76.8 Å². The summed E-state index contributed by atoms with van der Waals surface area (Å²) in [6.45, 7) is 8.58. The third-order valence-electron chi connectivity index (χ3n) is 8.08. The highest BCUT2D eigenvalue weighted by molar-refractivity contribution is 5.99. The first kappa shape index (κ1) is 36.6. The molecule has 1 saturated heterocycles. The number of anilines is 1. The molecule has 0 radical (unpaired) electrons. The number of ether oxygens (including phenoxy) is 2. The first-order valence-electron chi connectivity index (χ1n) is 16.3. The number of benzene rings is 2. The van der Waals surface area contributed by atoms with Gasteiger partial charge in [0.1, 0.15) is 40.8 Å². The van der Waals surface area contributed by atoms with Gasteiger partial charge in [-0.25, -0.2) is 14.6 Å². The molecule has 4 rings (SSSR count). The van der Waals surface area contributed by atoms with E-state index in [0.29, 0.717) is 31.4 Å². The van der Waals surface area contributed by atoms with E-state index >= 15 is 0 Å². The van der Waals surface area contributed by atoms with Gasteiger partial charge in [0.25, 0.3) is 0 Å². The topological polar surface area (TPSA) is 172 Å². The SMILES string of the molecule is COC(=O)C1CCCN1C(=O)C(c1ccccc1)c1ncc(NC(=O)C(CCc2ccccc2)NC(=O)C(C)(C)NC(=O)OC(C)(C)C)[nH]1. The number of carbonyl (C=O) groups is 5. The Morgan fingerprint density at radius 3 is 2.27 bits per heavy atom. The normalized spacial score (nSPS) is 15.9. The van der Waals surface area contributed by atoms with Crippen molar-refractivity contribution in [2.45, 2.75) is 89.4 Å². The minimum absolute atomic E-state index is 0.213. The van der Waals surface area contributed by atoms with E-state index in [1.165, 1.54) is 32.1 Å². The first-order chi connectivity index (χ1) is 23.2. The summed E-state index contributed by atoms with van der Waals surface area (Å²) in [7, 11) is 1.30. The number of carbonyl (C=O) groups excluding carboxylic acids is 5. The maximum Gasteiger partial charge on any atom is 0.408 e. The summed E-state index contributed by atoms with van der Waals surface area (Å²) in [5.41, 5.74) is -0.543. The van der Waals surface area contributed by atoms with Gasteiger partial charge < -0.3 is 35.3 Å². The molecule has 1 aromatic heterocycles. The van der Waals surface area contributed by atoms with E-state index in [4.69, 9.17) is 9.47 Å². The van der Waals surface area contributed by atoms with Gasteiger partial charge in [0.2, 0.25) is 17.7 Å². The van der Waals surface area contributed by atoms with E-state index in [-0.39, 0.29) is 24.0 Å². The highest BCUT2D eigenvalue weighted by atomic mass is 16.6. The van der Waals surface area contributed by atoms with Crippen LogP contribution in [0.15, 0.2) is 66.9 Å². The Bertz CT molecular complexity index is 1620. The lowest BCUT2D eigenvalue weighted by atomic mass is 9.96. The zero-order valence-electron chi connectivity index (χ0n) is 28.9. The van der Waals surface area contributed by atoms with Gasteiger partial charge in [-0.1, -0.05) is 60.7 Å². The van der Waals surface area contributed by atoms with Crippen LogP contribution in [0.5, 0.6) is 0 Å². The van der Waals surface area contributed by atoms with Gasteiger partial charge in [-0.3, -0.25) is 14.4 Å². The molecule has 0 saturated carbocycles. The van der Waals surface area contributed by atoms with Crippen molar-refractivity contribution in [2.24, 2.45) is 0 Å². The molecule has 262 valence electrons. The van der Waals surface area contributed by atoms with Crippen LogP contribution >= 0.6 is 0 Å². The van der Waals surface area contributed by atoms with Gasteiger partial charge in [0.15, 0.2) is 0 Å². The van der Waals surface area contributed by atoms with Crippen LogP contribution in [0, 0.1) is 0 Å². The van der Waals surface area contributed by atoms with E-state index in [1.54, 1.807) is 32.9 Å². The molecule has 1 aliphatic heterocycles. The Balaban J connectivity index is 1.55. The van der Waals surface area contributed by atoms with Crippen molar-refractivity contribution in [3.8, 4) is 0 Å². The molecule has 0 bridgehead atoms. The molecular formula is C36H46N6O7. The lowest BCUT2D eigenvalue weighted by Crippen LogP contribution is -2.59. The number of alkyl carbamates (subject to hydrolysis) is 1. The summed E-state index contributed by atoms with van der Waals surface area (Å²) in [5.74, 6) is -2.31. The fraction of sp³-hybridized carbons (Fsp3) is 0.444. The second kappa shape index (κ2) is 15.8. The largest absolute Gasteiger partial charge is 0.467 e.